The van der Waals surface area contributed by atoms with Crippen molar-refractivity contribution in [2.75, 3.05) is 16.8 Å². The summed E-state index contributed by atoms with van der Waals surface area (Å²) < 4.78 is 1.76. The van der Waals surface area contributed by atoms with Crippen molar-refractivity contribution in [3.8, 4) is 0 Å². The molecule has 1 N–H and O–H groups in total. The number of fused-ring (bicyclic) bond motifs is 2. The molecule has 3 aromatic rings. The van der Waals surface area contributed by atoms with Crippen molar-refractivity contribution in [2.45, 2.75) is 52.5 Å². The van der Waals surface area contributed by atoms with E-state index >= 15 is 0 Å². The predicted molar refractivity (Wildman–Crippen MR) is 126 cm³/mol. The van der Waals surface area contributed by atoms with Crippen molar-refractivity contribution < 1.29 is 9.59 Å². The highest BCUT2D eigenvalue weighted by atomic mass is 16.2. The third kappa shape index (κ3) is 4.56. The number of aryl methyl sites for hydroxylation is 2. The minimum absolute atomic E-state index is 0.0734. The van der Waals surface area contributed by atoms with Crippen LogP contribution in [0.4, 0.5) is 11.4 Å². The quantitative estimate of drug-likeness (QED) is 0.622. The molecule has 166 valence electrons. The number of rotatable bonds is 5. The molecular weight excluding hydrogens is 404 g/mol. The molecule has 1 aliphatic rings. The van der Waals surface area contributed by atoms with E-state index in [1.165, 1.54) is 0 Å². The fraction of sp³-hybridized carbons (Fsp3) is 0.360. The molecule has 0 bridgehead atoms. The standard InChI is InChI=1S/C25H28N4O3/c1-3-28(19-9-7-8-17(2)14-19)24(31)16-23(30)26-18-11-12-21-20(15-18)25(32)29-13-6-4-5-10-22(29)27-21/h7-9,11-12,14-15H,3-6,10,13,16H2,1-2H3,(H,26,30). The monoisotopic (exact) mass is 432 g/mol. The molecule has 2 aromatic carbocycles. The van der Waals surface area contributed by atoms with Gasteiger partial charge in [0.1, 0.15) is 12.2 Å². The largest absolute Gasteiger partial charge is 0.326 e. The lowest BCUT2D eigenvalue weighted by atomic mass is 10.2. The van der Waals surface area contributed by atoms with Crippen LogP contribution in [0, 0.1) is 6.92 Å². The third-order valence-electron chi connectivity index (χ3n) is 5.84. The maximum atomic E-state index is 13.0. The van der Waals surface area contributed by atoms with Crippen LogP contribution in [0.1, 0.15) is 44.0 Å². The van der Waals surface area contributed by atoms with Gasteiger partial charge < -0.3 is 10.2 Å². The summed E-state index contributed by atoms with van der Waals surface area (Å²) in [5, 5.41) is 3.25. The van der Waals surface area contributed by atoms with E-state index in [1.807, 2.05) is 38.1 Å². The average molecular weight is 433 g/mol. The zero-order valence-electron chi connectivity index (χ0n) is 18.6. The highest BCUT2D eigenvalue weighted by Crippen LogP contribution is 2.20. The predicted octanol–water partition coefficient (Wildman–Crippen LogP) is 3.81. The maximum Gasteiger partial charge on any atom is 0.261 e. The molecule has 1 aliphatic heterocycles. The molecule has 7 nitrogen and oxygen atoms in total. The Morgan fingerprint density at radius 2 is 1.97 bits per heavy atom. The highest BCUT2D eigenvalue weighted by molar-refractivity contribution is 6.09. The number of nitrogens with zero attached hydrogens (tertiary/aromatic N) is 3. The Kier molecular flexibility index (Phi) is 6.35. The molecule has 7 heteroatoms. The van der Waals surface area contributed by atoms with Gasteiger partial charge in [-0.1, -0.05) is 18.6 Å². The van der Waals surface area contributed by atoms with Crippen molar-refractivity contribution in [2.24, 2.45) is 0 Å². The summed E-state index contributed by atoms with van der Waals surface area (Å²) in [6.45, 7) is 4.99. The minimum atomic E-state index is -0.414. The third-order valence-corrected chi connectivity index (χ3v) is 5.84. The molecule has 0 saturated heterocycles. The molecule has 0 aliphatic carbocycles. The minimum Gasteiger partial charge on any atom is -0.326 e. The molecular formula is C25H28N4O3. The molecule has 0 saturated carbocycles. The Bertz CT molecular complexity index is 1230. The summed E-state index contributed by atoms with van der Waals surface area (Å²) in [5.41, 5.74) is 2.87. The van der Waals surface area contributed by atoms with Crippen LogP contribution in [0.2, 0.25) is 0 Å². The van der Waals surface area contributed by atoms with E-state index < -0.39 is 5.91 Å². The van der Waals surface area contributed by atoms with Crippen LogP contribution >= 0.6 is 0 Å². The number of anilines is 2. The first-order valence-corrected chi connectivity index (χ1v) is 11.2. The van der Waals surface area contributed by atoms with Gasteiger partial charge in [0.15, 0.2) is 0 Å². The number of carbonyl (C=O) groups is 2. The van der Waals surface area contributed by atoms with Gasteiger partial charge in [-0.15, -0.1) is 0 Å². The topological polar surface area (TPSA) is 84.3 Å². The van der Waals surface area contributed by atoms with Crippen molar-refractivity contribution in [1.82, 2.24) is 9.55 Å². The average Bonchev–Trinajstić information content (AvgIpc) is 3.00. The summed E-state index contributed by atoms with van der Waals surface area (Å²) in [6.07, 6.45) is 3.62. The van der Waals surface area contributed by atoms with E-state index in [0.717, 1.165) is 42.8 Å². The van der Waals surface area contributed by atoms with E-state index in [0.29, 0.717) is 29.7 Å². The summed E-state index contributed by atoms with van der Waals surface area (Å²) in [4.78, 5) is 44.6. The van der Waals surface area contributed by atoms with Crippen molar-refractivity contribution in [1.29, 1.82) is 0 Å². The summed E-state index contributed by atoms with van der Waals surface area (Å²) in [6, 6.07) is 12.8. The van der Waals surface area contributed by atoms with Crippen molar-refractivity contribution >= 4 is 34.1 Å². The normalized spacial score (nSPS) is 13.3. The van der Waals surface area contributed by atoms with Gasteiger partial charge in [0.25, 0.3) is 5.56 Å². The van der Waals surface area contributed by atoms with E-state index in [1.54, 1.807) is 27.7 Å². The second kappa shape index (κ2) is 9.34. The summed E-state index contributed by atoms with van der Waals surface area (Å²) in [5.74, 6) is 0.143. The van der Waals surface area contributed by atoms with Crippen LogP contribution in [0.3, 0.4) is 0 Å². The van der Waals surface area contributed by atoms with Crippen LogP contribution in [0.5, 0.6) is 0 Å². The van der Waals surface area contributed by atoms with Crippen LogP contribution in [0.25, 0.3) is 10.9 Å². The van der Waals surface area contributed by atoms with Gasteiger partial charge in [-0.2, -0.15) is 0 Å². The molecule has 0 spiro atoms. The zero-order valence-corrected chi connectivity index (χ0v) is 18.6. The Balaban J connectivity index is 1.51. The van der Waals surface area contributed by atoms with Crippen molar-refractivity contribution in [3.05, 3.63) is 64.2 Å². The van der Waals surface area contributed by atoms with Crippen LogP contribution in [-0.2, 0) is 22.6 Å². The lowest BCUT2D eigenvalue weighted by Gasteiger charge is -2.21. The Morgan fingerprint density at radius 3 is 2.75 bits per heavy atom. The first kappa shape index (κ1) is 21.7. The molecule has 0 radical (unpaired) electrons. The molecule has 2 amide bonds. The van der Waals surface area contributed by atoms with Gasteiger partial charge in [0.2, 0.25) is 11.8 Å². The number of aromatic nitrogens is 2. The van der Waals surface area contributed by atoms with E-state index in [-0.39, 0.29) is 17.9 Å². The van der Waals surface area contributed by atoms with Gasteiger partial charge in [-0.25, -0.2) is 4.98 Å². The fourth-order valence-corrected chi connectivity index (χ4v) is 4.23. The number of carbonyl (C=O) groups excluding carboxylic acids is 2. The van der Waals surface area contributed by atoms with Crippen LogP contribution < -0.4 is 15.8 Å². The number of nitrogens with one attached hydrogen (secondary N) is 1. The highest BCUT2D eigenvalue weighted by Gasteiger charge is 2.19. The molecule has 0 unspecified atom stereocenters. The molecule has 2 heterocycles. The molecule has 4 rings (SSSR count). The summed E-state index contributed by atoms with van der Waals surface area (Å²) in [7, 11) is 0. The number of benzene rings is 2. The molecule has 32 heavy (non-hydrogen) atoms. The zero-order chi connectivity index (χ0) is 22.7. The van der Waals surface area contributed by atoms with E-state index in [9.17, 15) is 14.4 Å². The van der Waals surface area contributed by atoms with Gasteiger partial charge in [-0.05, 0) is 62.6 Å². The Morgan fingerprint density at radius 1 is 1.12 bits per heavy atom. The van der Waals surface area contributed by atoms with Crippen LogP contribution in [0.15, 0.2) is 47.3 Å². The first-order chi connectivity index (χ1) is 15.5. The maximum absolute atomic E-state index is 13.0. The van der Waals surface area contributed by atoms with Gasteiger partial charge >= 0.3 is 0 Å². The smallest absolute Gasteiger partial charge is 0.261 e. The van der Waals surface area contributed by atoms with E-state index in [2.05, 4.69) is 10.3 Å². The lowest BCUT2D eigenvalue weighted by molar-refractivity contribution is -0.125. The van der Waals surface area contributed by atoms with Crippen LogP contribution in [-0.4, -0.2) is 27.9 Å². The van der Waals surface area contributed by atoms with Crippen molar-refractivity contribution in [3.63, 3.8) is 0 Å². The Hall–Kier alpha value is -3.48. The lowest BCUT2D eigenvalue weighted by Crippen LogP contribution is -2.33. The second-order valence-electron chi connectivity index (χ2n) is 8.23. The summed E-state index contributed by atoms with van der Waals surface area (Å²) >= 11 is 0. The number of amides is 2. The van der Waals surface area contributed by atoms with E-state index in [4.69, 9.17) is 0 Å². The first-order valence-electron chi connectivity index (χ1n) is 11.2. The SMILES string of the molecule is CCN(C(=O)CC(=O)Nc1ccc2nc3n(c(=O)c2c1)CCCCC3)c1cccc(C)c1. The molecule has 0 atom stereocenters. The number of hydrogen-bond donors (Lipinski definition) is 1. The fourth-order valence-electron chi connectivity index (χ4n) is 4.23. The number of hydrogen-bond acceptors (Lipinski definition) is 4. The van der Waals surface area contributed by atoms with Gasteiger partial charge in [-0.3, -0.25) is 19.0 Å². The Labute approximate surface area is 187 Å². The van der Waals surface area contributed by atoms with Gasteiger partial charge in [0, 0.05) is 30.9 Å². The second-order valence-corrected chi connectivity index (χ2v) is 8.23. The molecule has 1 aromatic heterocycles. The molecule has 0 fully saturated rings. The van der Waals surface area contributed by atoms with Gasteiger partial charge in [0.05, 0.1) is 10.9 Å².